The van der Waals surface area contributed by atoms with Crippen LogP contribution >= 0.6 is 7.82 Å². The molecule has 0 amide bonds. The Labute approximate surface area is 441 Å². The lowest BCUT2D eigenvalue weighted by atomic mass is 10.1. The molecule has 0 aliphatic heterocycles. The van der Waals surface area contributed by atoms with E-state index in [2.05, 4.69) is 57.2 Å². The average molecular weight is 1040 g/mol. The minimum absolute atomic E-state index is 0.160. The quantitative estimate of drug-likeness (QED) is 0.0197. The molecule has 0 aliphatic carbocycles. The van der Waals surface area contributed by atoms with Crippen molar-refractivity contribution < 1.29 is 52.2 Å². The second kappa shape index (κ2) is 54.9. The van der Waals surface area contributed by atoms with Gasteiger partial charge < -0.3 is 24.2 Å². The van der Waals surface area contributed by atoms with Gasteiger partial charge in [-0.3, -0.25) is 23.4 Å². The summed E-state index contributed by atoms with van der Waals surface area (Å²) < 4.78 is 39.1. The zero-order valence-electron chi connectivity index (χ0n) is 46.7. The molecule has 0 saturated heterocycles. The predicted octanol–water partition coefficient (Wildman–Crippen LogP) is 17.6. The summed E-state index contributed by atoms with van der Waals surface area (Å²) in [5.41, 5.74) is 0. The number of phosphoric acid groups is 1. The topological polar surface area (TPSA) is 155 Å². The highest BCUT2D eigenvalue weighted by atomic mass is 31.2. The van der Waals surface area contributed by atoms with Gasteiger partial charge in [0, 0.05) is 19.3 Å². The highest BCUT2D eigenvalue weighted by Gasteiger charge is 2.27. The maximum absolute atomic E-state index is 12.9. The van der Waals surface area contributed by atoms with Crippen molar-refractivity contribution in [2.24, 2.45) is 0 Å². The highest BCUT2D eigenvalue weighted by Crippen LogP contribution is 2.43. The summed E-state index contributed by atoms with van der Waals surface area (Å²) >= 11 is 0. The summed E-state index contributed by atoms with van der Waals surface area (Å²) in [6.07, 6.45) is 56.7. The first-order valence-corrected chi connectivity index (χ1v) is 31.4. The van der Waals surface area contributed by atoms with Crippen LogP contribution < -0.4 is 0 Å². The summed E-state index contributed by atoms with van der Waals surface area (Å²) in [5, 5.41) is 10.3. The van der Waals surface area contributed by atoms with E-state index in [4.69, 9.17) is 23.3 Å². The molecule has 3 atom stereocenters. The zero-order chi connectivity index (χ0) is 52.7. The second-order valence-electron chi connectivity index (χ2n) is 20.2. The van der Waals surface area contributed by atoms with Crippen molar-refractivity contribution in [2.75, 3.05) is 26.4 Å². The van der Waals surface area contributed by atoms with Gasteiger partial charge in [-0.25, -0.2) is 4.57 Å². The molecule has 0 saturated carbocycles. The van der Waals surface area contributed by atoms with E-state index in [0.29, 0.717) is 19.3 Å². The minimum atomic E-state index is -4.73. The van der Waals surface area contributed by atoms with Gasteiger partial charge >= 0.3 is 25.7 Å². The number of unbranched alkanes of at least 4 members (excludes halogenated alkanes) is 33. The number of aliphatic hydroxyl groups is 1. The van der Waals surface area contributed by atoms with E-state index in [1.807, 2.05) is 0 Å². The van der Waals surface area contributed by atoms with E-state index in [1.165, 1.54) is 116 Å². The van der Waals surface area contributed by atoms with Gasteiger partial charge in [0.15, 0.2) is 6.10 Å². The van der Waals surface area contributed by atoms with Gasteiger partial charge in [0.2, 0.25) is 0 Å². The van der Waals surface area contributed by atoms with E-state index < -0.39 is 57.8 Å². The fourth-order valence-electron chi connectivity index (χ4n) is 8.34. The number of esters is 3. The molecule has 0 bridgehead atoms. The normalized spacial score (nSPS) is 13.6. The summed E-state index contributed by atoms with van der Waals surface area (Å²) in [6, 6.07) is 0. The molecule has 0 aromatic heterocycles. The Balaban J connectivity index is 4.60. The van der Waals surface area contributed by atoms with Crippen molar-refractivity contribution in [1.29, 1.82) is 0 Å². The van der Waals surface area contributed by atoms with Crippen LogP contribution in [-0.4, -0.2) is 66.5 Å². The van der Waals surface area contributed by atoms with Crippen molar-refractivity contribution in [3.8, 4) is 0 Å². The lowest BCUT2D eigenvalue weighted by Gasteiger charge is -2.20. The summed E-state index contributed by atoms with van der Waals surface area (Å²) in [4.78, 5) is 48.1. The van der Waals surface area contributed by atoms with Crippen LogP contribution in [0.5, 0.6) is 0 Å². The fraction of sp³-hybridized carbons (Fsp3) is 0.850. The monoisotopic (exact) mass is 1040 g/mol. The molecule has 0 aromatic carbocycles. The number of allylic oxidation sites excluding steroid dienone is 6. The largest absolute Gasteiger partial charge is 0.472 e. The van der Waals surface area contributed by atoms with Crippen LogP contribution in [0.3, 0.4) is 0 Å². The lowest BCUT2D eigenvalue weighted by Crippen LogP contribution is -2.30. The molecule has 72 heavy (non-hydrogen) atoms. The number of phosphoric ester groups is 1. The van der Waals surface area contributed by atoms with Crippen LogP contribution in [0.15, 0.2) is 36.5 Å². The molecule has 1 unspecified atom stereocenters. The van der Waals surface area contributed by atoms with Crippen LogP contribution in [0.25, 0.3) is 0 Å². The number of hydrogen-bond donors (Lipinski definition) is 2. The zero-order valence-corrected chi connectivity index (χ0v) is 47.6. The summed E-state index contributed by atoms with van der Waals surface area (Å²) in [7, 11) is -4.73. The van der Waals surface area contributed by atoms with Gasteiger partial charge in [-0.05, 0) is 96.3 Å². The molecule has 0 rings (SSSR count). The van der Waals surface area contributed by atoms with E-state index in [9.17, 15) is 28.9 Å². The number of carbonyl (C=O) groups excluding carboxylic acids is 3. The molecular formula is C60H111O11P. The predicted molar refractivity (Wildman–Crippen MR) is 298 cm³/mol. The minimum Gasteiger partial charge on any atom is -0.463 e. The van der Waals surface area contributed by atoms with Crippen LogP contribution in [-0.2, 0) is 42.2 Å². The smallest absolute Gasteiger partial charge is 0.463 e. The Bertz CT molecular complexity index is 1350. The van der Waals surface area contributed by atoms with Crippen LogP contribution in [0, 0.1) is 0 Å². The molecule has 0 aromatic rings. The number of hydrogen-bond acceptors (Lipinski definition) is 10. The van der Waals surface area contributed by atoms with Crippen molar-refractivity contribution >= 4 is 25.7 Å². The van der Waals surface area contributed by atoms with Gasteiger partial charge in [-0.15, -0.1) is 0 Å². The molecule has 422 valence electrons. The van der Waals surface area contributed by atoms with Gasteiger partial charge in [0.05, 0.1) is 13.2 Å². The number of aliphatic hydroxyl groups excluding tert-OH is 1. The first-order chi connectivity index (χ1) is 35.1. The van der Waals surface area contributed by atoms with Crippen molar-refractivity contribution in [3.05, 3.63) is 36.5 Å². The maximum Gasteiger partial charge on any atom is 0.472 e. The Kier molecular flexibility index (Phi) is 53.2. The Morgan fingerprint density at radius 2 is 0.653 bits per heavy atom. The fourth-order valence-corrected chi connectivity index (χ4v) is 9.13. The second-order valence-corrected chi connectivity index (χ2v) is 21.6. The SMILES string of the molecule is CCCCCCCC/C=C/CCCCCCCC(=O)OC[C@H](O)COP(=O)(O)OC[C@@H](COC(=O)CCCCCCC/C=C/CCCCCCCC)OC(=O)CCCCCCC/C=C/CCCCCCCC. The highest BCUT2D eigenvalue weighted by molar-refractivity contribution is 7.47. The third kappa shape index (κ3) is 54.0. The number of carbonyl (C=O) groups is 3. The number of ether oxygens (including phenoxy) is 3. The van der Waals surface area contributed by atoms with Crippen LogP contribution in [0.1, 0.15) is 290 Å². The van der Waals surface area contributed by atoms with E-state index in [-0.39, 0.29) is 25.9 Å². The summed E-state index contributed by atoms with van der Waals surface area (Å²) in [6.45, 7) is 4.81. The molecule has 2 N–H and O–H groups in total. The average Bonchev–Trinajstić information content (AvgIpc) is 3.37. The molecule has 0 radical (unpaired) electrons. The van der Waals surface area contributed by atoms with Gasteiger partial charge in [0.25, 0.3) is 0 Å². The first kappa shape index (κ1) is 69.7. The van der Waals surface area contributed by atoms with E-state index in [0.717, 1.165) is 116 Å². The van der Waals surface area contributed by atoms with Gasteiger partial charge in [0.1, 0.15) is 19.3 Å². The summed E-state index contributed by atoms with van der Waals surface area (Å²) in [5.74, 6) is -1.40. The molecule has 0 fully saturated rings. The Hall–Kier alpha value is -2.30. The van der Waals surface area contributed by atoms with E-state index in [1.54, 1.807) is 0 Å². The Morgan fingerprint density at radius 1 is 0.375 bits per heavy atom. The lowest BCUT2D eigenvalue weighted by molar-refractivity contribution is -0.161. The third-order valence-corrected chi connectivity index (χ3v) is 13.9. The standard InChI is InChI=1S/C60H111O11P/c1-4-7-10-13-16-19-22-25-28-31-34-37-40-43-46-49-58(62)67-52-56(61)53-69-72(65,66)70-55-57(71-60(64)51-48-45-42-39-36-33-30-27-24-21-18-15-12-9-6-3)54-68-59(63)50-47-44-41-38-35-32-29-26-23-20-17-14-11-8-5-2/h25-30,56-57,61H,4-24,31-55H2,1-3H3,(H,65,66)/b28-25+,29-26+,30-27+/t56-,57+/m0/s1. The molecular weight excluding hydrogens is 928 g/mol. The van der Waals surface area contributed by atoms with Crippen LogP contribution in [0.2, 0.25) is 0 Å². The number of rotatable bonds is 56. The molecule has 0 spiro atoms. The molecule has 0 aliphatic rings. The van der Waals surface area contributed by atoms with Gasteiger partial charge in [-0.2, -0.15) is 0 Å². The van der Waals surface area contributed by atoms with Crippen molar-refractivity contribution in [1.82, 2.24) is 0 Å². The maximum atomic E-state index is 12.9. The Morgan fingerprint density at radius 3 is 1.00 bits per heavy atom. The van der Waals surface area contributed by atoms with E-state index >= 15 is 0 Å². The molecule has 12 heteroatoms. The molecule has 11 nitrogen and oxygen atoms in total. The third-order valence-electron chi connectivity index (χ3n) is 12.9. The molecule has 0 heterocycles. The van der Waals surface area contributed by atoms with Crippen molar-refractivity contribution in [2.45, 2.75) is 303 Å². The first-order valence-electron chi connectivity index (χ1n) is 29.9. The van der Waals surface area contributed by atoms with Gasteiger partial charge in [-0.1, -0.05) is 211 Å². The van der Waals surface area contributed by atoms with Crippen molar-refractivity contribution in [3.63, 3.8) is 0 Å². The van der Waals surface area contributed by atoms with Crippen LogP contribution in [0.4, 0.5) is 0 Å².